The van der Waals surface area contributed by atoms with Crippen LogP contribution in [0.5, 0.6) is 5.75 Å². The lowest BCUT2D eigenvalue weighted by molar-refractivity contribution is -0.137. The van der Waals surface area contributed by atoms with Gasteiger partial charge in [0.05, 0.1) is 13.5 Å². The summed E-state index contributed by atoms with van der Waals surface area (Å²) >= 11 is 0. The number of hydrogen-bond acceptors (Lipinski definition) is 3. The van der Waals surface area contributed by atoms with Crippen LogP contribution in [-0.4, -0.2) is 43.2 Å². The van der Waals surface area contributed by atoms with E-state index >= 15 is 0 Å². The first kappa shape index (κ1) is 15.5. The topological polar surface area (TPSA) is 49.8 Å². The molecule has 0 fully saturated rings. The highest BCUT2D eigenvalue weighted by atomic mass is 16.5. The Hall–Kier alpha value is -1.55. The molecule has 0 bridgehead atoms. The van der Waals surface area contributed by atoms with Crippen LogP contribution in [0.4, 0.5) is 0 Å². The number of rotatable bonds is 8. The maximum absolute atomic E-state index is 10.5. The fourth-order valence-corrected chi connectivity index (χ4v) is 1.98. The van der Waals surface area contributed by atoms with Gasteiger partial charge in [0.2, 0.25) is 0 Å². The van der Waals surface area contributed by atoms with Crippen LogP contribution in [-0.2, 0) is 17.6 Å². The van der Waals surface area contributed by atoms with Crippen LogP contribution in [0.25, 0.3) is 0 Å². The summed E-state index contributed by atoms with van der Waals surface area (Å²) in [6.07, 6.45) is 2.07. The number of ether oxygens (including phenoxy) is 1. The van der Waals surface area contributed by atoms with Crippen molar-refractivity contribution in [3.8, 4) is 5.75 Å². The molecule has 0 aliphatic rings. The Kier molecular flexibility index (Phi) is 6.36. The molecule has 19 heavy (non-hydrogen) atoms. The highest BCUT2D eigenvalue weighted by Crippen LogP contribution is 2.20. The highest BCUT2D eigenvalue weighted by molar-refractivity contribution is 5.66. The molecule has 106 valence electrons. The maximum atomic E-state index is 10.5. The van der Waals surface area contributed by atoms with Gasteiger partial charge in [-0.2, -0.15) is 0 Å². The van der Waals surface area contributed by atoms with E-state index in [2.05, 4.69) is 19.1 Å². The van der Waals surface area contributed by atoms with Gasteiger partial charge in [-0.1, -0.05) is 19.1 Å². The van der Waals surface area contributed by atoms with Gasteiger partial charge in [0.15, 0.2) is 0 Å². The fourth-order valence-electron chi connectivity index (χ4n) is 1.98. The van der Waals surface area contributed by atoms with Crippen LogP contribution < -0.4 is 4.74 Å². The van der Waals surface area contributed by atoms with Crippen LogP contribution in [0.3, 0.4) is 0 Å². The summed E-state index contributed by atoms with van der Waals surface area (Å²) in [5.74, 6) is 0.190. The number of aryl methyl sites for hydroxylation is 1. The third kappa shape index (κ3) is 5.30. The summed E-state index contributed by atoms with van der Waals surface area (Å²) in [5.41, 5.74) is 2.48. The van der Waals surface area contributed by atoms with Crippen molar-refractivity contribution in [2.45, 2.75) is 26.2 Å². The Bertz CT molecular complexity index is 418. The summed E-state index contributed by atoms with van der Waals surface area (Å²) in [7, 11) is 3.64. The number of benzene rings is 1. The molecular formula is C15H23NO3. The Morgan fingerprint density at radius 3 is 2.68 bits per heavy atom. The first-order valence-electron chi connectivity index (χ1n) is 6.63. The number of aliphatic carboxylic acids is 1. The Labute approximate surface area is 115 Å². The molecule has 0 aromatic heterocycles. The minimum atomic E-state index is -0.746. The molecule has 0 unspecified atom stereocenters. The van der Waals surface area contributed by atoms with Crippen LogP contribution >= 0.6 is 0 Å². The molecular weight excluding hydrogens is 242 g/mol. The quantitative estimate of drug-likeness (QED) is 0.783. The van der Waals surface area contributed by atoms with E-state index in [1.807, 2.05) is 18.0 Å². The number of carboxylic acids is 1. The zero-order valence-corrected chi connectivity index (χ0v) is 12.0. The van der Waals surface area contributed by atoms with Gasteiger partial charge < -0.3 is 14.7 Å². The monoisotopic (exact) mass is 265 g/mol. The standard InChI is InChI=1S/C15H23NO3/c1-4-13-11-12(5-6-14(13)19-3)7-9-16(2)10-8-15(17)18/h5-6,11H,4,7-10H2,1-3H3,(H,17,18). The largest absolute Gasteiger partial charge is 0.496 e. The first-order valence-corrected chi connectivity index (χ1v) is 6.63. The van der Waals surface area contributed by atoms with E-state index < -0.39 is 5.97 Å². The molecule has 1 aromatic carbocycles. The maximum Gasteiger partial charge on any atom is 0.304 e. The van der Waals surface area contributed by atoms with Gasteiger partial charge in [-0.05, 0) is 37.1 Å². The predicted octanol–water partition coefficient (Wildman–Crippen LogP) is 2.21. The molecule has 0 spiro atoms. The molecule has 0 amide bonds. The second kappa shape index (κ2) is 7.79. The van der Waals surface area contributed by atoms with E-state index in [0.717, 1.165) is 25.1 Å². The second-order valence-electron chi connectivity index (χ2n) is 4.70. The zero-order valence-electron chi connectivity index (χ0n) is 12.0. The van der Waals surface area contributed by atoms with Gasteiger partial charge in [0, 0.05) is 13.1 Å². The molecule has 1 rings (SSSR count). The minimum absolute atomic E-state index is 0.194. The third-order valence-corrected chi connectivity index (χ3v) is 3.22. The summed E-state index contributed by atoms with van der Waals surface area (Å²) in [6, 6.07) is 6.25. The number of carboxylic acid groups (broad SMARTS) is 1. The fraction of sp³-hybridized carbons (Fsp3) is 0.533. The third-order valence-electron chi connectivity index (χ3n) is 3.22. The van der Waals surface area contributed by atoms with Crippen LogP contribution in [0, 0.1) is 0 Å². The molecule has 0 radical (unpaired) electrons. The molecule has 4 heteroatoms. The van der Waals surface area contributed by atoms with Crippen molar-refractivity contribution in [2.24, 2.45) is 0 Å². The van der Waals surface area contributed by atoms with Gasteiger partial charge >= 0.3 is 5.97 Å². The predicted molar refractivity (Wildman–Crippen MR) is 75.8 cm³/mol. The summed E-state index contributed by atoms with van der Waals surface area (Å²) in [4.78, 5) is 12.5. The van der Waals surface area contributed by atoms with E-state index in [-0.39, 0.29) is 6.42 Å². The summed E-state index contributed by atoms with van der Waals surface area (Å²) < 4.78 is 5.31. The van der Waals surface area contributed by atoms with Crippen LogP contribution in [0.2, 0.25) is 0 Å². The molecule has 0 aliphatic heterocycles. The molecule has 0 saturated carbocycles. The van der Waals surface area contributed by atoms with Crippen LogP contribution in [0.1, 0.15) is 24.5 Å². The van der Waals surface area contributed by atoms with E-state index in [1.165, 1.54) is 11.1 Å². The number of likely N-dealkylation sites (N-methyl/N-ethyl adjacent to an activating group) is 1. The smallest absolute Gasteiger partial charge is 0.304 e. The van der Waals surface area contributed by atoms with Gasteiger partial charge in [0.25, 0.3) is 0 Å². The van der Waals surface area contributed by atoms with E-state index in [4.69, 9.17) is 9.84 Å². The summed E-state index contributed by atoms with van der Waals surface area (Å²) in [6.45, 7) is 3.56. The Morgan fingerprint density at radius 1 is 1.37 bits per heavy atom. The van der Waals surface area contributed by atoms with Crippen molar-refractivity contribution in [2.75, 3.05) is 27.2 Å². The van der Waals surface area contributed by atoms with Crippen molar-refractivity contribution in [3.63, 3.8) is 0 Å². The van der Waals surface area contributed by atoms with Crippen molar-refractivity contribution in [3.05, 3.63) is 29.3 Å². The number of methoxy groups -OCH3 is 1. The molecule has 4 nitrogen and oxygen atoms in total. The van der Waals surface area contributed by atoms with Crippen molar-refractivity contribution < 1.29 is 14.6 Å². The van der Waals surface area contributed by atoms with Gasteiger partial charge in [-0.25, -0.2) is 0 Å². The summed E-state index contributed by atoms with van der Waals surface area (Å²) in [5, 5.41) is 8.63. The average Bonchev–Trinajstić information content (AvgIpc) is 2.42. The first-order chi connectivity index (χ1) is 9.06. The number of nitrogens with zero attached hydrogens (tertiary/aromatic N) is 1. The lowest BCUT2D eigenvalue weighted by Crippen LogP contribution is -2.24. The molecule has 0 heterocycles. The molecule has 1 aromatic rings. The molecule has 0 saturated heterocycles. The van der Waals surface area contributed by atoms with Gasteiger partial charge in [0.1, 0.15) is 5.75 Å². The minimum Gasteiger partial charge on any atom is -0.496 e. The number of hydrogen-bond donors (Lipinski definition) is 1. The zero-order chi connectivity index (χ0) is 14.3. The lowest BCUT2D eigenvalue weighted by Gasteiger charge is -2.16. The molecule has 0 aliphatic carbocycles. The van der Waals surface area contributed by atoms with E-state index in [1.54, 1.807) is 7.11 Å². The van der Waals surface area contributed by atoms with Crippen molar-refractivity contribution in [1.29, 1.82) is 0 Å². The second-order valence-corrected chi connectivity index (χ2v) is 4.70. The molecule has 0 atom stereocenters. The molecule has 1 N–H and O–H groups in total. The lowest BCUT2D eigenvalue weighted by atomic mass is 10.1. The SMILES string of the molecule is CCc1cc(CCN(C)CCC(=O)O)ccc1OC. The Balaban J connectivity index is 2.51. The Morgan fingerprint density at radius 2 is 2.11 bits per heavy atom. The van der Waals surface area contributed by atoms with Gasteiger partial charge in [-0.15, -0.1) is 0 Å². The highest BCUT2D eigenvalue weighted by Gasteiger charge is 2.05. The van der Waals surface area contributed by atoms with E-state index in [0.29, 0.717) is 6.54 Å². The van der Waals surface area contributed by atoms with Crippen molar-refractivity contribution in [1.82, 2.24) is 4.90 Å². The van der Waals surface area contributed by atoms with Crippen molar-refractivity contribution >= 4 is 5.97 Å². The average molecular weight is 265 g/mol. The van der Waals surface area contributed by atoms with Gasteiger partial charge in [-0.3, -0.25) is 4.79 Å². The normalized spacial score (nSPS) is 10.7. The number of carbonyl (C=O) groups is 1. The van der Waals surface area contributed by atoms with Crippen LogP contribution in [0.15, 0.2) is 18.2 Å². The van der Waals surface area contributed by atoms with E-state index in [9.17, 15) is 4.79 Å².